The third-order valence-corrected chi connectivity index (χ3v) is 2.76. The summed E-state index contributed by atoms with van der Waals surface area (Å²) in [6.45, 7) is 0.366. The smallest absolute Gasteiger partial charge is 0.293 e. The Kier molecular flexibility index (Phi) is 3.61. The summed E-state index contributed by atoms with van der Waals surface area (Å²) < 4.78 is 65.2. The van der Waals surface area contributed by atoms with Crippen molar-refractivity contribution in [3.05, 3.63) is 34.1 Å². The zero-order chi connectivity index (χ0) is 13.4. The molecule has 0 heterocycles. The molecule has 0 unspecified atom stereocenters. The molecule has 0 aliphatic rings. The highest BCUT2D eigenvalue weighted by molar-refractivity contribution is 9.10. The van der Waals surface area contributed by atoms with Crippen molar-refractivity contribution in [1.29, 1.82) is 0 Å². The molecular formula is C10H6BrF5O. The van der Waals surface area contributed by atoms with Crippen LogP contribution in [0.4, 0.5) is 22.0 Å². The highest BCUT2D eigenvalue weighted by Crippen LogP contribution is 2.45. The van der Waals surface area contributed by atoms with Gasteiger partial charge in [-0.25, -0.2) is 4.39 Å². The molecule has 0 saturated heterocycles. The number of rotatable bonds is 3. The van der Waals surface area contributed by atoms with Gasteiger partial charge in [0, 0.05) is 17.0 Å². The fraction of sp³-hybridized carbons (Fsp3) is 0.300. The van der Waals surface area contributed by atoms with E-state index in [9.17, 15) is 26.7 Å². The van der Waals surface area contributed by atoms with E-state index >= 15 is 0 Å². The van der Waals surface area contributed by atoms with Gasteiger partial charge in [0.2, 0.25) is 5.78 Å². The molecule has 17 heavy (non-hydrogen) atoms. The van der Waals surface area contributed by atoms with Crippen molar-refractivity contribution >= 4 is 21.7 Å². The first-order valence-corrected chi connectivity index (χ1v) is 5.12. The number of halogens is 6. The molecule has 0 spiro atoms. The number of Topliss-reactive ketones (excluding diaryl/α,β-unsaturated/α-hetero) is 1. The third kappa shape index (κ3) is 2.34. The van der Waals surface area contributed by atoms with E-state index in [4.69, 9.17) is 0 Å². The van der Waals surface area contributed by atoms with Crippen LogP contribution in [0.5, 0.6) is 0 Å². The summed E-state index contributed by atoms with van der Waals surface area (Å²) in [5, 5.41) is 0. The molecule has 0 bridgehead atoms. The molecule has 7 heteroatoms. The van der Waals surface area contributed by atoms with Gasteiger partial charge in [-0.3, -0.25) is 4.79 Å². The van der Waals surface area contributed by atoms with Gasteiger partial charge in [0.25, 0.3) is 0 Å². The fourth-order valence-corrected chi connectivity index (χ4v) is 1.73. The summed E-state index contributed by atoms with van der Waals surface area (Å²) in [5.74, 6) is -12.4. The number of carbonyl (C=O) groups is 1. The van der Waals surface area contributed by atoms with Crippen LogP contribution in [0.2, 0.25) is 0 Å². The lowest BCUT2D eigenvalue weighted by atomic mass is 10.00. The Morgan fingerprint density at radius 3 is 2.18 bits per heavy atom. The van der Waals surface area contributed by atoms with Crippen LogP contribution >= 0.6 is 15.9 Å². The van der Waals surface area contributed by atoms with Gasteiger partial charge in [0.05, 0.1) is 0 Å². The van der Waals surface area contributed by atoms with E-state index in [0.29, 0.717) is 25.1 Å². The maximum Gasteiger partial charge on any atom is 0.371 e. The van der Waals surface area contributed by atoms with Crippen LogP contribution in [0.1, 0.15) is 12.5 Å². The minimum Gasteiger partial charge on any atom is -0.293 e. The van der Waals surface area contributed by atoms with Crippen molar-refractivity contribution < 1.29 is 26.7 Å². The number of carbonyl (C=O) groups excluding carboxylic acids is 1. The Morgan fingerprint density at radius 2 is 1.76 bits per heavy atom. The first kappa shape index (κ1) is 14.1. The molecular weight excluding hydrogens is 311 g/mol. The molecule has 0 amide bonds. The molecule has 0 aliphatic heterocycles. The van der Waals surface area contributed by atoms with Crippen LogP contribution in [0.15, 0.2) is 22.7 Å². The van der Waals surface area contributed by atoms with E-state index < -0.39 is 33.5 Å². The van der Waals surface area contributed by atoms with Gasteiger partial charge >= 0.3 is 11.8 Å². The standard InChI is InChI=1S/C10H6BrF5O/c1-5(17)9(13,14)10(15,16)7-3-2-6(12)4-8(7)11/h2-4H,1H3. The molecule has 1 nitrogen and oxygen atoms in total. The average molecular weight is 317 g/mol. The van der Waals surface area contributed by atoms with Crippen LogP contribution in [-0.4, -0.2) is 11.7 Å². The molecule has 1 rings (SSSR count). The molecule has 0 saturated carbocycles. The monoisotopic (exact) mass is 316 g/mol. The second-order valence-electron chi connectivity index (χ2n) is 3.33. The van der Waals surface area contributed by atoms with E-state index in [2.05, 4.69) is 15.9 Å². The quantitative estimate of drug-likeness (QED) is 0.773. The predicted octanol–water partition coefficient (Wildman–Crippen LogP) is 3.90. The Morgan fingerprint density at radius 1 is 1.24 bits per heavy atom. The van der Waals surface area contributed by atoms with Crippen LogP contribution < -0.4 is 0 Å². The van der Waals surface area contributed by atoms with Crippen LogP contribution in [0.3, 0.4) is 0 Å². The lowest BCUT2D eigenvalue weighted by molar-refractivity contribution is -0.212. The highest BCUT2D eigenvalue weighted by atomic mass is 79.9. The predicted molar refractivity (Wildman–Crippen MR) is 53.6 cm³/mol. The Labute approximate surface area is 102 Å². The molecule has 0 aliphatic carbocycles. The second kappa shape index (κ2) is 4.36. The van der Waals surface area contributed by atoms with Crippen LogP contribution in [-0.2, 0) is 10.7 Å². The topological polar surface area (TPSA) is 17.1 Å². The van der Waals surface area contributed by atoms with E-state index in [1.807, 2.05) is 0 Å². The van der Waals surface area contributed by atoms with Crippen molar-refractivity contribution in [2.24, 2.45) is 0 Å². The zero-order valence-electron chi connectivity index (χ0n) is 8.41. The molecule has 0 N–H and O–H groups in total. The first-order valence-electron chi connectivity index (χ1n) is 4.33. The Bertz CT molecular complexity index is 458. The van der Waals surface area contributed by atoms with Gasteiger partial charge in [0.15, 0.2) is 0 Å². The van der Waals surface area contributed by atoms with Crippen LogP contribution in [0.25, 0.3) is 0 Å². The number of ketones is 1. The second-order valence-corrected chi connectivity index (χ2v) is 4.18. The van der Waals surface area contributed by atoms with Crippen molar-refractivity contribution in [2.45, 2.75) is 18.8 Å². The SMILES string of the molecule is CC(=O)C(F)(F)C(F)(F)c1ccc(F)cc1Br. The summed E-state index contributed by atoms with van der Waals surface area (Å²) in [6.07, 6.45) is 0. The van der Waals surface area contributed by atoms with E-state index in [-0.39, 0.29) is 0 Å². The third-order valence-electron chi connectivity index (χ3n) is 2.11. The lowest BCUT2D eigenvalue weighted by Crippen LogP contribution is -2.44. The molecule has 1 aromatic carbocycles. The summed E-state index contributed by atoms with van der Waals surface area (Å²) in [4.78, 5) is 10.5. The number of benzene rings is 1. The van der Waals surface area contributed by atoms with E-state index in [0.717, 1.165) is 0 Å². The normalized spacial score (nSPS) is 12.6. The minimum atomic E-state index is -4.84. The summed E-state index contributed by atoms with van der Waals surface area (Å²) in [5.41, 5.74) is -1.14. The summed E-state index contributed by atoms with van der Waals surface area (Å²) >= 11 is 2.56. The molecule has 94 valence electrons. The van der Waals surface area contributed by atoms with Gasteiger partial charge in [0.1, 0.15) is 5.82 Å². The summed E-state index contributed by atoms with van der Waals surface area (Å²) in [6, 6.07) is 1.75. The molecule has 1 aromatic rings. The van der Waals surface area contributed by atoms with Crippen LogP contribution in [0, 0.1) is 5.82 Å². The van der Waals surface area contributed by atoms with Gasteiger partial charge in [-0.15, -0.1) is 0 Å². The number of alkyl halides is 4. The van der Waals surface area contributed by atoms with E-state index in [1.165, 1.54) is 0 Å². The fourth-order valence-electron chi connectivity index (χ4n) is 1.13. The largest absolute Gasteiger partial charge is 0.371 e. The number of hydrogen-bond acceptors (Lipinski definition) is 1. The van der Waals surface area contributed by atoms with E-state index in [1.54, 1.807) is 0 Å². The van der Waals surface area contributed by atoms with Gasteiger partial charge < -0.3 is 0 Å². The van der Waals surface area contributed by atoms with Crippen molar-refractivity contribution in [2.75, 3.05) is 0 Å². The Balaban J connectivity index is 3.35. The van der Waals surface area contributed by atoms with Crippen molar-refractivity contribution in [1.82, 2.24) is 0 Å². The lowest BCUT2D eigenvalue weighted by Gasteiger charge is -2.25. The maximum atomic E-state index is 13.5. The van der Waals surface area contributed by atoms with Crippen molar-refractivity contribution in [3.63, 3.8) is 0 Å². The molecule has 0 atom stereocenters. The van der Waals surface area contributed by atoms with Crippen molar-refractivity contribution in [3.8, 4) is 0 Å². The van der Waals surface area contributed by atoms with Gasteiger partial charge in [-0.2, -0.15) is 17.6 Å². The first-order chi connectivity index (χ1) is 7.60. The summed E-state index contributed by atoms with van der Waals surface area (Å²) in [7, 11) is 0. The number of hydrogen-bond donors (Lipinski definition) is 0. The van der Waals surface area contributed by atoms with Gasteiger partial charge in [-0.1, -0.05) is 15.9 Å². The minimum absolute atomic E-state index is 0.366. The molecule has 0 fully saturated rings. The highest BCUT2D eigenvalue weighted by Gasteiger charge is 2.61. The molecule has 0 radical (unpaired) electrons. The Hall–Kier alpha value is -0.980. The molecule has 0 aromatic heterocycles. The zero-order valence-corrected chi connectivity index (χ0v) is 9.99. The maximum absolute atomic E-state index is 13.5. The van der Waals surface area contributed by atoms with Gasteiger partial charge in [-0.05, 0) is 18.2 Å². The average Bonchev–Trinajstić information content (AvgIpc) is 2.16.